The molecule has 0 radical (unpaired) electrons. The van der Waals surface area contributed by atoms with Gasteiger partial charge in [-0.2, -0.15) is 0 Å². The first kappa shape index (κ1) is 28.6. The number of nitrogens with two attached hydrogens (primary N) is 1. The molecule has 0 unspecified atom stereocenters. The highest BCUT2D eigenvalue weighted by molar-refractivity contribution is 6.74. The van der Waals surface area contributed by atoms with Crippen LogP contribution in [0.25, 0.3) is 0 Å². The van der Waals surface area contributed by atoms with Gasteiger partial charge in [0.2, 0.25) is 11.8 Å². The van der Waals surface area contributed by atoms with Gasteiger partial charge >= 0.3 is 6.09 Å². The fraction of sp³-hybridized carbons (Fsp3) is 0.625. The Hall–Kier alpha value is -2.39. The number of carbonyl (C=O) groups excluding carboxylic acids is 3. The van der Waals surface area contributed by atoms with Gasteiger partial charge in [0.15, 0.2) is 8.32 Å². The Bertz CT molecular complexity index is 750. The van der Waals surface area contributed by atoms with E-state index in [4.69, 9.17) is 14.9 Å². The number of unbranched alkanes of at least 4 members (excludes halogenated alkanes) is 2. The second-order valence-electron chi connectivity index (χ2n) is 9.72. The molecular formula is C24H41N3O5Si. The van der Waals surface area contributed by atoms with Gasteiger partial charge in [-0.15, -0.1) is 0 Å². The quantitative estimate of drug-likeness (QED) is 0.276. The van der Waals surface area contributed by atoms with E-state index in [9.17, 15) is 14.4 Å². The van der Waals surface area contributed by atoms with Crippen LogP contribution in [0.15, 0.2) is 30.3 Å². The fourth-order valence-corrected chi connectivity index (χ4v) is 3.81. The van der Waals surface area contributed by atoms with E-state index in [1.54, 1.807) is 0 Å². The van der Waals surface area contributed by atoms with Gasteiger partial charge in [0.05, 0.1) is 0 Å². The van der Waals surface area contributed by atoms with Gasteiger partial charge in [-0.1, -0.05) is 57.5 Å². The predicted octanol–water partition coefficient (Wildman–Crippen LogP) is 3.86. The number of primary amides is 1. The molecule has 0 aliphatic heterocycles. The largest absolute Gasteiger partial charge is 0.445 e. The summed E-state index contributed by atoms with van der Waals surface area (Å²) in [7, 11) is -1.91. The molecule has 0 bridgehead atoms. The minimum Gasteiger partial charge on any atom is -0.445 e. The van der Waals surface area contributed by atoms with Crippen LogP contribution in [0.5, 0.6) is 0 Å². The van der Waals surface area contributed by atoms with Crippen LogP contribution in [0.2, 0.25) is 18.1 Å². The van der Waals surface area contributed by atoms with Crippen molar-refractivity contribution < 1.29 is 23.5 Å². The smallest absolute Gasteiger partial charge is 0.407 e. The van der Waals surface area contributed by atoms with Gasteiger partial charge in [-0.25, -0.2) is 4.79 Å². The summed E-state index contributed by atoms with van der Waals surface area (Å²) < 4.78 is 11.2. The van der Waals surface area contributed by atoms with Crippen LogP contribution in [0.4, 0.5) is 4.79 Å². The second kappa shape index (κ2) is 14.0. The van der Waals surface area contributed by atoms with Crippen molar-refractivity contribution in [1.29, 1.82) is 0 Å². The summed E-state index contributed by atoms with van der Waals surface area (Å²) >= 11 is 0. The normalized spacial score (nSPS) is 12.6. The molecule has 4 N–H and O–H groups in total. The molecule has 0 aliphatic carbocycles. The van der Waals surface area contributed by atoms with Crippen molar-refractivity contribution in [2.45, 2.75) is 83.7 Å². The maximum Gasteiger partial charge on any atom is 0.407 e. The monoisotopic (exact) mass is 479 g/mol. The van der Waals surface area contributed by atoms with Crippen LogP contribution in [0.1, 0.15) is 58.4 Å². The maximum absolute atomic E-state index is 12.2. The van der Waals surface area contributed by atoms with E-state index in [-0.39, 0.29) is 17.6 Å². The average molecular weight is 480 g/mol. The van der Waals surface area contributed by atoms with Crippen molar-refractivity contribution in [2.24, 2.45) is 5.73 Å². The second-order valence-corrected chi connectivity index (χ2v) is 14.5. The van der Waals surface area contributed by atoms with Crippen molar-refractivity contribution in [1.82, 2.24) is 10.6 Å². The number of hydrogen-bond donors (Lipinski definition) is 3. The van der Waals surface area contributed by atoms with Crippen molar-refractivity contribution in [3.63, 3.8) is 0 Å². The Labute approximate surface area is 199 Å². The van der Waals surface area contributed by atoms with E-state index >= 15 is 0 Å². The summed E-state index contributed by atoms with van der Waals surface area (Å²) in [5.74, 6) is -0.762. The van der Waals surface area contributed by atoms with E-state index in [1.165, 1.54) is 0 Å². The predicted molar refractivity (Wildman–Crippen MR) is 132 cm³/mol. The van der Waals surface area contributed by atoms with Crippen LogP contribution >= 0.6 is 0 Å². The summed E-state index contributed by atoms with van der Waals surface area (Å²) in [5.41, 5.74) is 6.39. The van der Waals surface area contributed by atoms with E-state index in [0.717, 1.165) is 18.4 Å². The van der Waals surface area contributed by atoms with Crippen LogP contribution in [-0.2, 0) is 25.4 Å². The first-order valence-corrected chi connectivity index (χ1v) is 14.5. The highest BCUT2D eigenvalue weighted by Gasteiger charge is 2.37. The SMILES string of the molecule is CC(C)(C)[Si](C)(C)OCC[C@@H](NC(=O)CCCCCNC(=O)OCc1ccccc1)C(N)=O. The molecule has 9 heteroatoms. The van der Waals surface area contributed by atoms with E-state index in [0.29, 0.717) is 32.4 Å². The van der Waals surface area contributed by atoms with Crippen LogP contribution in [-0.4, -0.2) is 45.4 Å². The molecule has 1 aromatic rings. The van der Waals surface area contributed by atoms with Crippen LogP contribution in [0, 0.1) is 0 Å². The van der Waals surface area contributed by atoms with Gasteiger partial charge in [-0.05, 0) is 43.0 Å². The number of alkyl carbamates (subject to hydrolysis) is 1. The fourth-order valence-electron chi connectivity index (χ4n) is 2.75. The number of ether oxygens (including phenoxy) is 1. The summed E-state index contributed by atoms with van der Waals surface area (Å²) in [5, 5.41) is 5.49. The first-order valence-electron chi connectivity index (χ1n) is 11.6. The minimum absolute atomic E-state index is 0.0754. The molecule has 1 aromatic carbocycles. The molecule has 0 heterocycles. The lowest BCUT2D eigenvalue weighted by Crippen LogP contribution is -2.46. The molecule has 0 spiro atoms. The van der Waals surface area contributed by atoms with Crippen molar-refractivity contribution in [3.8, 4) is 0 Å². The van der Waals surface area contributed by atoms with Gasteiger partial charge in [0, 0.05) is 19.6 Å². The van der Waals surface area contributed by atoms with Gasteiger partial charge in [-0.3, -0.25) is 9.59 Å². The molecule has 1 atom stereocenters. The molecule has 0 fully saturated rings. The van der Waals surface area contributed by atoms with Crippen molar-refractivity contribution >= 4 is 26.2 Å². The third-order valence-electron chi connectivity index (χ3n) is 5.92. The Morgan fingerprint density at radius 1 is 1.06 bits per heavy atom. The summed E-state index contributed by atoms with van der Waals surface area (Å²) in [6, 6.07) is 8.74. The summed E-state index contributed by atoms with van der Waals surface area (Å²) in [4.78, 5) is 35.6. The Morgan fingerprint density at radius 2 is 1.73 bits per heavy atom. The third kappa shape index (κ3) is 11.9. The summed E-state index contributed by atoms with van der Waals surface area (Å²) in [6.45, 7) is 11.8. The van der Waals surface area contributed by atoms with Crippen molar-refractivity contribution in [3.05, 3.63) is 35.9 Å². The minimum atomic E-state index is -1.91. The van der Waals surface area contributed by atoms with Gasteiger partial charge < -0.3 is 25.5 Å². The maximum atomic E-state index is 12.2. The molecule has 0 saturated carbocycles. The number of hydrogen-bond acceptors (Lipinski definition) is 5. The standard InChI is InChI=1S/C24H41N3O5Si/c1-24(2,3)33(4,5)32-17-15-20(22(25)29)27-21(28)14-10-7-11-16-26-23(30)31-18-19-12-8-6-9-13-19/h6,8-9,12-13,20H,7,10-11,14-18H2,1-5H3,(H2,25,29)(H,26,30)(H,27,28)/t20-/m1/s1. The Kier molecular flexibility index (Phi) is 12.1. The van der Waals surface area contributed by atoms with Gasteiger partial charge in [0.25, 0.3) is 0 Å². The molecule has 0 saturated heterocycles. The molecule has 1 rings (SSSR count). The first-order chi connectivity index (χ1) is 15.4. The molecule has 0 aromatic heterocycles. The third-order valence-corrected chi connectivity index (χ3v) is 10.5. The summed E-state index contributed by atoms with van der Waals surface area (Å²) in [6.07, 6.45) is 2.35. The zero-order valence-electron chi connectivity index (χ0n) is 20.7. The van der Waals surface area contributed by atoms with Crippen LogP contribution < -0.4 is 16.4 Å². The zero-order valence-corrected chi connectivity index (χ0v) is 21.7. The molecule has 8 nitrogen and oxygen atoms in total. The highest BCUT2D eigenvalue weighted by Crippen LogP contribution is 2.36. The topological polar surface area (TPSA) is 120 Å². The molecular weight excluding hydrogens is 438 g/mol. The Morgan fingerprint density at radius 3 is 2.33 bits per heavy atom. The lowest BCUT2D eigenvalue weighted by molar-refractivity contribution is -0.127. The zero-order chi connectivity index (χ0) is 24.9. The molecule has 186 valence electrons. The molecule has 0 aliphatic rings. The van der Waals surface area contributed by atoms with Gasteiger partial charge in [0.1, 0.15) is 12.6 Å². The molecule has 3 amide bonds. The number of benzene rings is 1. The number of carbonyl (C=O) groups is 3. The number of amides is 3. The van der Waals surface area contributed by atoms with E-state index < -0.39 is 26.4 Å². The van der Waals surface area contributed by atoms with Crippen molar-refractivity contribution in [2.75, 3.05) is 13.2 Å². The number of nitrogens with one attached hydrogen (secondary N) is 2. The van der Waals surface area contributed by atoms with E-state index in [1.807, 2.05) is 30.3 Å². The lowest BCUT2D eigenvalue weighted by atomic mass is 10.1. The highest BCUT2D eigenvalue weighted by atomic mass is 28.4. The number of rotatable bonds is 14. The lowest BCUT2D eigenvalue weighted by Gasteiger charge is -2.36. The molecule has 33 heavy (non-hydrogen) atoms. The van der Waals surface area contributed by atoms with E-state index in [2.05, 4.69) is 44.5 Å². The average Bonchev–Trinajstić information content (AvgIpc) is 2.73. The Balaban J connectivity index is 2.18. The van der Waals surface area contributed by atoms with Crippen LogP contribution in [0.3, 0.4) is 0 Å².